The SMILES string of the molecule is Cc1cc(O[Si](C)(C)C(C)(C)C)ccc1C1CN(C(=O)OC(C)(C)C)CCC1=O. The number of nitrogens with zero attached hydrogens (tertiary/aromatic N) is 1. The average Bonchev–Trinajstić information content (AvgIpc) is 2.53. The summed E-state index contributed by atoms with van der Waals surface area (Å²) in [6.07, 6.45) is -0.00324. The number of piperidine rings is 1. The first-order chi connectivity index (χ1) is 13.1. The molecular weight excluding hydrogens is 382 g/mol. The Bertz CT molecular complexity index is 774. The van der Waals surface area contributed by atoms with E-state index in [0.29, 0.717) is 19.5 Å². The second-order valence-electron chi connectivity index (χ2n) is 10.6. The summed E-state index contributed by atoms with van der Waals surface area (Å²) in [4.78, 5) is 26.8. The molecule has 1 aromatic rings. The summed E-state index contributed by atoms with van der Waals surface area (Å²) in [7, 11) is -1.92. The summed E-state index contributed by atoms with van der Waals surface area (Å²) in [5.41, 5.74) is 1.43. The zero-order chi connectivity index (χ0) is 22.2. The molecule has 6 heteroatoms. The van der Waals surface area contributed by atoms with E-state index in [9.17, 15) is 9.59 Å². The molecule has 1 aliphatic rings. The van der Waals surface area contributed by atoms with Gasteiger partial charge < -0.3 is 14.1 Å². The molecule has 1 aromatic carbocycles. The van der Waals surface area contributed by atoms with Crippen molar-refractivity contribution in [2.24, 2.45) is 0 Å². The summed E-state index contributed by atoms with van der Waals surface area (Å²) >= 11 is 0. The van der Waals surface area contributed by atoms with Crippen molar-refractivity contribution in [3.8, 4) is 5.75 Å². The molecule has 0 aromatic heterocycles. The Kier molecular flexibility index (Phi) is 6.58. The fourth-order valence-electron chi connectivity index (χ4n) is 3.15. The van der Waals surface area contributed by atoms with Crippen LogP contribution in [0.2, 0.25) is 18.1 Å². The van der Waals surface area contributed by atoms with Crippen molar-refractivity contribution in [2.75, 3.05) is 13.1 Å². The van der Waals surface area contributed by atoms with Crippen LogP contribution in [0.15, 0.2) is 18.2 Å². The van der Waals surface area contributed by atoms with Crippen LogP contribution in [0.5, 0.6) is 5.75 Å². The molecule has 2 rings (SSSR count). The first kappa shape index (κ1) is 23.5. The van der Waals surface area contributed by atoms with E-state index in [1.165, 1.54) is 0 Å². The Labute approximate surface area is 176 Å². The number of carbonyl (C=O) groups is 2. The van der Waals surface area contributed by atoms with Crippen LogP contribution in [0.3, 0.4) is 0 Å². The first-order valence-electron chi connectivity index (χ1n) is 10.4. The summed E-state index contributed by atoms with van der Waals surface area (Å²) in [6, 6.07) is 5.97. The van der Waals surface area contributed by atoms with Crippen molar-refractivity contribution in [3.63, 3.8) is 0 Å². The maximum absolute atomic E-state index is 12.6. The fourth-order valence-corrected chi connectivity index (χ4v) is 4.17. The van der Waals surface area contributed by atoms with Crippen LogP contribution in [0.25, 0.3) is 0 Å². The number of Topliss-reactive ketones (excluding diaryl/α,β-unsaturated/α-hetero) is 1. The van der Waals surface area contributed by atoms with Crippen LogP contribution in [0, 0.1) is 6.92 Å². The lowest BCUT2D eigenvalue weighted by Gasteiger charge is -2.37. The number of amides is 1. The van der Waals surface area contributed by atoms with Crippen LogP contribution < -0.4 is 4.43 Å². The maximum Gasteiger partial charge on any atom is 0.410 e. The zero-order valence-corrected chi connectivity index (χ0v) is 20.5. The molecule has 1 saturated heterocycles. The van der Waals surface area contributed by atoms with Gasteiger partial charge >= 0.3 is 6.09 Å². The monoisotopic (exact) mass is 419 g/mol. The Hall–Kier alpha value is -1.82. The van der Waals surface area contributed by atoms with E-state index in [1.54, 1.807) is 4.90 Å². The van der Waals surface area contributed by atoms with Crippen LogP contribution in [-0.2, 0) is 9.53 Å². The van der Waals surface area contributed by atoms with Gasteiger partial charge in [0.25, 0.3) is 0 Å². The third kappa shape index (κ3) is 5.84. The van der Waals surface area contributed by atoms with Gasteiger partial charge in [-0.25, -0.2) is 4.79 Å². The number of likely N-dealkylation sites (tertiary alicyclic amines) is 1. The van der Waals surface area contributed by atoms with Gasteiger partial charge in [0.1, 0.15) is 17.1 Å². The minimum Gasteiger partial charge on any atom is -0.543 e. The summed E-state index contributed by atoms with van der Waals surface area (Å²) < 4.78 is 11.9. The molecule has 1 atom stereocenters. The summed E-state index contributed by atoms with van der Waals surface area (Å²) in [5, 5.41) is 0.118. The second kappa shape index (κ2) is 8.13. The summed E-state index contributed by atoms with van der Waals surface area (Å²) in [6.45, 7) is 19.4. The van der Waals surface area contributed by atoms with Gasteiger partial charge in [0, 0.05) is 19.5 Å². The first-order valence-corrected chi connectivity index (χ1v) is 13.3. The predicted octanol–water partition coefficient (Wildman–Crippen LogP) is 5.67. The van der Waals surface area contributed by atoms with E-state index >= 15 is 0 Å². The number of carbonyl (C=O) groups excluding carboxylic acids is 2. The molecule has 29 heavy (non-hydrogen) atoms. The smallest absolute Gasteiger partial charge is 0.410 e. The lowest BCUT2D eigenvalue weighted by molar-refractivity contribution is -0.123. The van der Waals surface area contributed by atoms with Crippen molar-refractivity contribution in [1.82, 2.24) is 4.90 Å². The number of rotatable bonds is 3. The quantitative estimate of drug-likeness (QED) is 0.592. The zero-order valence-electron chi connectivity index (χ0n) is 19.5. The van der Waals surface area contributed by atoms with Crippen LogP contribution in [0.4, 0.5) is 4.79 Å². The van der Waals surface area contributed by atoms with Gasteiger partial charge in [-0.3, -0.25) is 4.79 Å². The standard InChI is InChI=1S/C23H37NO4Si/c1-16-14-17(28-29(8,9)23(5,6)7)10-11-18(16)19-15-24(13-12-20(19)25)21(26)27-22(2,3)4/h10-11,14,19H,12-13,15H2,1-9H3. The van der Waals surface area contributed by atoms with Crippen LogP contribution in [0.1, 0.15) is 65.0 Å². The molecule has 1 heterocycles. The molecule has 0 bridgehead atoms. The van der Waals surface area contributed by atoms with Crippen molar-refractivity contribution in [1.29, 1.82) is 0 Å². The van der Waals surface area contributed by atoms with Gasteiger partial charge in [0.2, 0.25) is 8.32 Å². The lowest BCUT2D eigenvalue weighted by Crippen LogP contribution is -2.45. The molecule has 1 aliphatic heterocycles. The molecule has 0 saturated carbocycles. The minimum absolute atomic E-state index is 0.118. The van der Waals surface area contributed by atoms with E-state index in [1.807, 2.05) is 45.9 Å². The molecule has 0 radical (unpaired) electrons. The lowest BCUT2D eigenvalue weighted by atomic mass is 9.87. The molecule has 0 N–H and O–H groups in total. The summed E-state index contributed by atoms with van der Waals surface area (Å²) in [5.74, 6) is 0.703. The van der Waals surface area contributed by atoms with Gasteiger partial charge in [-0.15, -0.1) is 0 Å². The van der Waals surface area contributed by atoms with E-state index < -0.39 is 13.9 Å². The van der Waals surface area contributed by atoms with Crippen molar-refractivity contribution in [2.45, 2.75) is 84.5 Å². The topological polar surface area (TPSA) is 55.8 Å². The third-order valence-corrected chi connectivity index (χ3v) is 10.2. The molecular formula is C23H37NO4Si. The Morgan fingerprint density at radius 2 is 1.76 bits per heavy atom. The average molecular weight is 420 g/mol. The normalized spacial score (nSPS) is 18.6. The highest BCUT2D eigenvalue weighted by Gasteiger charge is 2.39. The predicted molar refractivity (Wildman–Crippen MR) is 119 cm³/mol. The van der Waals surface area contributed by atoms with Gasteiger partial charge in [0.15, 0.2) is 0 Å². The fraction of sp³-hybridized carbons (Fsp3) is 0.652. The molecule has 1 amide bonds. The highest BCUT2D eigenvalue weighted by molar-refractivity contribution is 6.74. The second-order valence-corrected chi connectivity index (χ2v) is 15.3. The van der Waals surface area contributed by atoms with E-state index in [0.717, 1.165) is 16.9 Å². The molecule has 0 aliphatic carbocycles. The Morgan fingerprint density at radius 3 is 2.28 bits per heavy atom. The van der Waals surface area contributed by atoms with Crippen molar-refractivity contribution >= 4 is 20.2 Å². The number of benzene rings is 1. The van der Waals surface area contributed by atoms with Gasteiger partial charge in [-0.1, -0.05) is 26.8 Å². The maximum atomic E-state index is 12.6. The highest BCUT2D eigenvalue weighted by Crippen LogP contribution is 2.38. The Morgan fingerprint density at radius 1 is 1.14 bits per heavy atom. The Balaban J connectivity index is 2.20. The number of ether oxygens (including phenoxy) is 1. The van der Waals surface area contributed by atoms with Crippen molar-refractivity contribution < 1.29 is 18.8 Å². The van der Waals surface area contributed by atoms with Gasteiger partial charge in [0.05, 0.1) is 5.92 Å². The minimum atomic E-state index is -1.92. The number of aryl methyl sites for hydroxylation is 1. The number of hydrogen-bond donors (Lipinski definition) is 0. The molecule has 0 spiro atoms. The number of ketones is 1. The van der Waals surface area contributed by atoms with Gasteiger partial charge in [-0.2, -0.15) is 0 Å². The largest absolute Gasteiger partial charge is 0.543 e. The third-order valence-electron chi connectivity index (χ3n) is 5.87. The van der Waals surface area contributed by atoms with Crippen LogP contribution >= 0.6 is 0 Å². The number of hydrogen-bond acceptors (Lipinski definition) is 4. The van der Waals surface area contributed by atoms with Gasteiger partial charge in [-0.05, 0) is 69.1 Å². The van der Waals surface area contributed by atoms with Crippen LogP contribution in [-0.4, -0.2) is 43.8 Å². The molecule has 1 unspecified atom stereocenters. The molecule has 162 valence electrons. The van der Waals surface area contributed by atoms with E-state index in [2.05, 4.69) is 33.9 Å². The van der Waals surface area contributed by atoms with E-state index in [-0.39, 0.29) is 22.8 Å². The molecule has 1 fully saturated rings. The van der Waals surface area contributed by atoms with E-state index in [4.69, 9.17) is 9.16 Å². The van der Waals surface area contributed by atoms with Crippen molar-refractivity contribution in [3.05, 3.63) is 29.3 Å². The molecule has 5 nitrogen and oxygen atoms in total. The highest BCUT2D eigenvalue weighted by atomic mass is 28.4.